The van der Waals surface area contributed by atoms with E-state index in [4.69, 9.17) is 15.2 Å². The number of nitrogens with two attached hydrogens (primary N) is 1. The minimum absolute atomic E-state index is 0.000682. The third kappa shape index (κ3) is 3.51. The van der Waals surface area contributed by atoms with E-state index in [0.29, 0.717) is 19.8 Å². The summed E-state index contributed by atoms with van der Waals surface area (Å²) in [5.41, 5.74) is 7.40. The highest BCUT2D eigenvalue weighted by Crippen LogP contribution is 2.24. The van der Waals surface area contributed by atoms with Gasteiger partial charge in [0.1, 0.15) is 0 Å². The maximum atomic E-state index is 6.16. The fraction of sp³-hybridized carbons (Fsp3) is 0.769. The van der Waals surface area contributed by atoms with Crippen molar-refractivity contribution >= 4 is 11.3 Å². The van der Waals surface area contributed by atoms with Crippen LogP contribution in [0, 0.1) is 0 Å². The van der Waals surface area contributed by atoms with Crippen LogP contribution in [0.25, 0.3) is 0 Å². The van der Waals surface area contributed by atoms with Gasteiger partial charge in [0.2, 0.25) is 0 Å². The molecule has 2 atom stereocenters. The molecular formula is C13H22N2O2S. The smallest absolute Gasteiger partial charge is 0.0964 e. The van der Waals surface area contributed by atoms with Gasteiger partial charge < -0.3 is 15.2 Å². The summed E-state index contributed by atoms with van der Waals surface area (Å²) < 4.78 is 11.0. The van der Waals surface area contributed by atoms with Gasteiger partial charge in [0.05, 0.1) is 36.6 Å². The Hall–Kier alpha value is -0.490. The predicted molar refractivity (Wildman–Crippen MR) is 73.1 cm³/mol. The number of aromatic nitrogens is 1. The molecule has 5 heteroatoms. The molecule has 0 spiro atoms. The molecule has 2 heterocycles. The average molecular weight is 270 g/mol. The van der Waals surface area contributed by atoms with Crippen LogP contribution in [0.3, 0.4) is 0 Å². The van der Waals surface area contributed by atoms with Crippen LogP contribution >= 0.6 is 11.3 Å². The molecule has 0 bridgehead atoms. The molecule has 0 aromatic carbocycles. The van der Waals surface area contributed by atoms with Crippen molar-refractivity contribution in [2.75, 3.05) is 19.8 Å². The van der Waals surface area contributed by atoms with E-state index in [1.54, 1.807) is 11.3 Å². The highest BCUT2D eigenvalue weighted by atomic mass is 32.1. The van der Waals surface area contributed by atoms with Crippen molar-refractivity contribution in [3.05, 3.63) is 16.1 Å². The van der Waals surface area contributed by atoms with Gasteiger partial charge in [-0.25, -0.2) is 4.98 Å². The Balaban J connectivity index is 1.94. The fourth-order valence-electron chi connectivity index (χ4n) is 1.84. The lowest BCUT2D eigenvalue weighted by atomic mass is 9.93. The number of rotatable bonds is 3. The van der Waals surface area contributed by atoms with E-state index < -0.39 is 0 Å². The first-order valence-electron chi connectivity index (χ1n) is 6.36. The summed E-state index contributed by atoms with van der Waals surface area (Å²) >= 11 is 1.68. The van der Waals surface area contributed by atoms with Gasteiger partial charge in [-0.2, -0.15) is 0 Å². The second-order valence-electron chi connectivity index (χ2n) is 5.73. The number of hydrogen-bond acceptors (Lipinski definition) is 5. The molecule has 1 aromatic heterocycles. The largest absolute Gasteiger partial charge is 0.376 e. The Labute approximate surface area is 113 Å². The van der Waals surface area contributed by atoms with Crippen molar-refractivity contribution in [2.24, 2.45) is 5.73 Å². The molecule has 0 saturated carbocycles. The Kier molecular flexibility index (Phi) is 4.37. The van der Waals surface area contributed by atoms with Crippen molar-refractivity contribution in [3.8, 4) is 0 Å². The van der Waals surface area contributed by atoms with E-state index in [2.05, 4.69) is 31.1 Å². The quantitative estimate of drug-likeness (QED) is 0.908. The highest BCUT2D eigenvalue weighted by molar-refractivity contribution is 7.09. The van der Waals surface area contributed by atoms with Crippen LogP contribution in [0.5, 0.6) is 0 Å². The van der Waals surface area contributed by atoms with Crippen LogP contribution in [-0.4, -0.2) is 37.0 Å². The van der Waals surface area contributed by atoms with Gasteiger partial charge in [-0.05, 0) is 0 Å². The number of hydrogen-bond donors (Lipinski definition) is 1. The average Bonchev–Trinajstić information content (AvgIpc) is 2.78. The van der Waals surface area contributed by atoms with Crippen LogP contribution in [0.15, 0.2) is 5.38 Å². The molecule has 1 saturated heterocycles. The molecule has 4 nitrogen and oxygen atoms in total. The van der Waals surface area contributed by atoms with Crippen LogP contribution < -0.4 is 5.73 Å². The van der Waals surface area contributed by atoms with Gasteiger partial charge in [0.15, 0.2) is 0 Å². The summed E-state index contributed by atoms with van der Waals surface area (Å²) in [6.07, 6.45) is 0.759. The minimum Gasteiger partial charge on any atom is -0.376 e. The molecule has 2 N–H and O–H groups in total. The molecule has 1 aliphatic heterocycles. The van der Waals surface area contributed by atoms with Crippen molar-refractivity contribution in [1.29, 1.82) is 0 Å². The van der Waals surface area contributed by atoms with Gasteiger partial charge in [-0.1, -0.05) is 20.8 Å². The number of ether oxygens (including phenoxy) is 2. The molecule has 0 amide bonds. The van der Waals surface area contributed by atoms with Crippen LogP contribution in [-0.2, 0) is 21.3 Å². The molecule has 2 rings (SSSR count). The van der Waals surface area contributed by atoms with Gasteiger partial charge >= 0.3 is 0 Å². The van der Waals surface area contributed by atoms with E-state index in [9.17, 15) is 0 Å². The van der Waals surface area contributed by atoms with Crippen molar-refractivity contribution in [3.63, 3.8) is 0 Å². The van der Waals surface area contributed by atoms with Crippen LogP contribution in [0.2, 0.25) is 0 Å². The van der Waals surface area contributed by atoms with Crippen molar-refractivity contribution < 1.29 is 9.47 Å². The zero-order valence-electron chi connectivity index (χ0n) is 11.3. The summed E-state index contributed by atoms with van der Waals surface area (Å²) in [7, 11) is 0. The molecule has 1 fully saturated rings. The van der Waals surface area contributed by atoms with Crippen molar-refractivity contribution in [2.45, 2.75) is 44.8 Å². The zero-order chi connectivity index (χ0) is 13.2. The third-order valence-corrected chi connectivity index (χ3v) is 3.92. The van der Waals surface area contributed by atoms with E-state index in [1.165, 1.54) is 0 Å². The third-order valence-electron chi connectivity index (χ3n) is 3.05. The zero-order valence-corrected chi connectivity index (χ0v) is 12.1. The van der Waals surface area contributed by atoms with Crippen molar-refractivity contribution in [1.82, 2.24) is 4.98 Å². The van der Waals surface area contributed by atoms with Gasteiger partial charge in [0.25, 0.3) is 0 Å². The van der Waals surface area contributed by atoms with E-state index >= 15 is 0 Å². The molecule has 0 radical (unpaired) electrons. The molecule has 102 valence electrons. The van der Waals surface area contributed by atoms with E-state index in [-0.39, 0.29) is 17.6 Å². The second-order valence-corrected chi connectivity index (χ2v) is 6.67. The standard InChI is InChI=1S/C13H22N2O2S/c1-13(2,3)11-8-18-12(15-11)6-9(14)10-7-16-4-5-17-10/h8-10H,4-7,14H2,1-3H3. The summed E-state index contributed by atoms with van der Waals surface area (Å²) in [6, 6.07) is -0.0377. The lowest BCUT2D eigenvalue weighted by Gasteiger charge is -2.27. The first-order chi connectivity index (χ1) is 8.47. The molecule has 0 aliphatic carbocycles. The summed E-state index contributed by atoms with van der Waals surface area (Å²) in [4.78, 5) is 4.66. The Morgan fingerprint density at radius 3 is 2.83 bits per heavy atom. The Bertz CT molecular complexity index is 381. The van der Waals surface area contributed by atoms with E-state index in [0.717, 1.165) is 17.1 Å². The lowest BCUT2D eigenvalue weighted by Crippen LogP contribution is -2.44. The highest BCUT2D eigenvalue weighted by Gasteiger charge is 2.24. The fourth-order valence-corrected chi connectivity index (χ4v) is 2.93. The van der Waals surface area contributed by atoms with Crippen LogP contribution in [0.1, 0.15) is 31.5 Å². The molecule has 1 aromatic rings. The molecule has 18 heavy (non-hydrogen) atoms. The lowest BCUT2D eigenvalue weighted by molar-refractivity contribution is -0.0967. The van der Waals surface area contributed by atoms with Gasteiger partial charge in [-0.15, -0.1) is 11.3 Å². The molecule has 2 unspecified atom stereocenters. The Morgan fingerprint density at radius 2 is 2.28 bits per heavy atom. The first kappa shape index (κ1) is 13.9. The molecule has 1 aliphatic rings. The van der Waals surface area contributed by atoms with Gasteiger partial charge in [-0.3, -0.25) is 0 Å². The Morgan fingerprint density at radius 1 is 1.50 bits per heavy atom. The number of nitrogens with zero attached hydrogens (tertiary/aromatic N) is 1. The predicted octanol–water partition coefficient (Wildman–Crippen LogP) is 1.73. The van der Waals surface area contributed by atoms with Gasteiger partial charge in [0, 0.05) is 23.3 Å². The SMILES string of the molecule is CC(C)(C)c1csc(CC(N)C2COCCO2)n1. The van der Waals surface area contributed by atoms with E-state index in [1.807, 2.05) is 0 Å². The normalized spacial score (nSPS) is 23.0. The topological polar surface area (TPSA) is 57.4 Å². The maximum Gasteiger partial charge on any atom is 0.0964 e. The van der Waals surface area contributed by atoms with Crippen LogP contribution in [0.4, 0.5) is 0 Å². The summed E-state index contributed by atoms with van der Waals surface area (Å²) in [5, 5.41) is 3.21. The maximum absolute atomic E-state index is 6.16. The number of thiazole rings is 1. The first-order valence-corrected chi connectivity index (χ1v) is 7.24. The second kappa shape index (κ2) is 5.65. The molecular weight excluding hydrogens is 248 g/mol. The summed E-state index contributed by atoms with van der Waals surface area (Å²) in [5.74, 6) is 0. The summed E-state index contributed by atoms with van der Waals surface area (Å²) in [6.45, 7) is 8.42. The minimum atomic E-state index is -0.0377. The monoisotopic (exact) mass is 270 g/mol.